The second-order valence-electron chi connectivity index (χ2n) is 3.83. The van der Waals surface area contributed by atoms with Crippen LogP contribution in [0.3, 0.4) is 0 Å². The summed E-state index contributed by atoms with van der Waals surface area (Å²) in [5.41, 5.74) is 6.05. The van der Waals surface area contributed by atoms with Gasteiger partial charge in [-0.3, -0.25) is 0 Å². The molecule has 0 heterocycles. The van der Waals surface area contributed by atoms with E-state index in [-0.39, 0.29) is 5.75 Å². The van der Waals surface area contributed by atoms with Crippen molar-refractivity contribution in [1.29, 1.82) is 0 Å². The van der Waals surface area contributed by atoms with Gasteiger partial charge in [-0.1, -0.05) is 0 Å². The molecule has 0 saturated carbocycles. The predicted molar refractivity (Wildman–Crippen MR) is 56.5 cm³/mol. The molecule has 0 amide bonds. The Morgan fingerprint density at radius 2 is 2.07 bits per heavy atom. The average molecular weight is 195 g/mol. The molecule has 0 aliphatic carbocycles. The molecule has 1 aromatic rings. The maximum absolute atomic E-state index is 9.60. The van der Waals surface area contributed by atoms with E-state index in [1.165, 1.54) is 0 Å². The highest BCUT2D eigenvalue weighted by Crippen LogP contribution is 2.30. The molecule has 3 heteroatoms. The molecule has 0 bridgehead atoms. The van der Waals surface area contributed by atoms with Gasteiger partial charge >= 0.3 is 0 Å². The fraction of sp³-hybridized carbons (Fsp3) is 0.455. The Bertz CT molecular complexity index is 316. The Morgan fingerprint density at radius 3 is 2.57 bits per heavy atom. The molecule has 0 atom stereocenters. The molecule has 3 nitrogen and oxygen atoms in total. The van der Waals surface area contributed by atoms with Crippen molar-refractivity contribution in [3.8, 4) is 11.5 Å². The highest BCUT2D eigenvalue weighted by Gasteiger charge is 2.18. The fourth-order valence-electron chi connectivity index (χ4n) is 1.29. The van der Waals surface area contributed by atoms with Gasteiger partial charge in [-0.05, 0) is 39.0 Å². The molecule has 0 spiro atoms. The lowest BCUT2D eigenvalue weighted by molar-refractivity contribution is 0.337. The van der Waals surface area contributed by atoms with E-state index >= 15 is 0 Å². The first kappa shape index (κ1) is 10.9. The van der Waals surface area contributed by atoms with Crippen molar-refractivity contribution in [2.45, 2.75) is 26.3 Å². The van der Waals surface area contributed by atoms with E-state index in [0.717, 1.165) is 5.75 Å². The molecular weight excluding hydrogens is 178 g/mol. The number of aromatic hydroxyl groups is 1. The second-order valence-corrected chi connectivity index (χ2v) is 3.83. The summed E-state index contributed by atoms with van der Waals surface area (Å²) in [5.74, 6) is 0.944. The topological polar surface area (TPSA) is 55.5 Å². The Balaban J connectivity index is 3.09. The monoisotopic (exact) mass is 195 g/mol. The van der Waals surface area contributed by atoms with Crippen LogP contribution in [0.25, 0.3) is 0 Å². The zero-order valence-corrected chi connectivity index (χ0v) is 8.87. The van der Waals surface area contributed by atoms with E-state index < -0.39 is 5.54 Å². The SMILES string of the molecule is CCOc1ccc(O)c(C(C)(C)N)c1. The molecule has 3 N–H and O–H groups in total. The van der Waals surface area contributed by atoms with Crippen molar-refractivity contribution in [2.24, 2.45) is 5.73 Å². The summed E-state index contributed by atoms with van der Waals surface area (Å²) < 4.78 is 5.33. The van der Waals surface area contributed by atoms with Gasteiger partial charge in [0.15, 0.2) is 0 Å². The van der Waals surface area contributed by atoms with Crippen LogP contribution in [0, 0.1) is 0 Å². The van der Waals surface area contributed by atoms with Gasteiger partial charge < -0.3 is 15.6 Å². The average Bonchev–Trinajstić information content (AvgIpc) is 2.07. The molecule has 0 fully saturated rings. The summed E-state index contributed by atoms with van der Waals surface area (Å²) in [6.07, 6.45) is 0. The number of benzene rings is 1. The molecule has 0 saturated heterocycles. The van der Waals surface area contributed by atoms with Crippen LogP contribution in [0.5, 0.6) is 11.5 Å². The molecule has 0 radical (unpaired) electrons. The lowest BCUT2D eigenvalue weighted by Gasteiger charge is -2.21. The molecule has 0 unspecified atom stereocenters. The minimum Gasteiger partial charge on any atom is -0.508 e. The van der Waals surface area contributed by atoms with E-state index in [0.29, 0.717) is 12.2 Å². The number of rotatable bonds is 3. The summed E-state index contributed by atoms with van der Waals surface area (Å²) >= 11 is 0. The zero-order valence-electron chi connectivity index (χ0n) is 8.87. The molecule has 0 aliphatic rings. The first-order valence-electron chi connectivity index (χ1n) is 4.70. The van der Waals surface area contributed by atoms with Crippen LogP contribution in [-0.2, 0) is 5.54 Å². The van der Waals surface area contributed by atoms with Gasteiger partial charge in [0.2, 0.25) is 0 Å². The summed E-state index contributed by atoms with van der Waals surface area (Å²) in [5, 5.41) is 9.60. The minimum absolute atomic E-state index is 0.209. The lowest BCUT2D eigenvalue weighted by Crippen LogP contribution is -2.28. The van der Waals surface area contributed by atoms with E-state index in [1.54, 1.807) is 18.2 Å². The summed E-state index contributed by atoms with van der Waals surface area (Å²) in [4.78, 5) is 0. The van der Waals surface area contributed by atoms with Crippen molar-refractivity contribution in [3.63, 3.8) is 0 Å². The van der Waals surface area contributed by atoms with Gasteiger partial charge in [-0.2, -0.15) is 0 Å². The van der Waals surface area contributed by atoms with Gasteiger partial charge in [0.25, 0.3) is 0 Å². The Kier molecular flexibility index (Phi) is 3.01. The summed E-state index contributed by atoms with van der Waals surface area (Å²) in [6.45, 7) is 6.21. The van der Waals surface area contributed by atoms with Crippen LogP contribution in [0.15, 0.2) is 18.2 Å². The van der Waals surface area contributed by atoms with Crippen LogP contribution in [-0.4, -0.2) is 11.7 Å². The quantitative estimate of drug-likeness (QED) is 0.775. The number of phenolic OH excluding ortho intramolecular Hbond substituents is 1. The molecular formula is C11H17NO2. The summed E-state index contributed by atoms with van der Waals surface area (Å²) in [6, 6.07) is 5.11. The maximum Gasteiger partial charge on any atom is 0.120 e. The lowest BCUT2D eigenvalue weighted by atomic mass is 9.94. The van der Waals surface area contributed by atoms with Gasteiger partial charge in [0, 0.05) is 11.1 Å². The first-order chi connectivity index (χ1) is 6.45. The Labute approximate surface area is 84.5 Å². The third-order valence-electron chi connectivity index (χ3n) is 1.97. The van der Waals surface area contributed by atoms with Gasteiger partial charge in [0.05, 0.1) is 6.61 Å². The van der Waals surface area contributed by atoms with Gasteiger partial charge in [-0.25, -0.2) is 0 Å². The minimum atomic E-state index is -0.558. The Hall–Kier alpha value is -1.22. The largest absolute Gasteiger partial charge is 0.508 e. The summed E-state index contributed by atoms with van der Waals surface area (Å²) in [7, 11) is 0. The molecule has 1 aromatic carbocycles. The molecule has 14 heavy (non-hydrogen) atoms. The van der Waals surface area contributed by atoms with E-state index in [4.69, 9.17) is 10.5 Å². The normalized spacial score (nSPS) is 11.4. The molecule has 0 aliphatic heterocycles. The number of hydrogen-bond donors (Lipinski definition) is 2. The molecule has 0 aromatic heterocycles. The first-order valence-corrected chi connectivity index (χ1v) is 4.70. The van der Waals surface area contributed by atoms with E-state index in [2.05, 4.69) is 0 Å². The standard InChI is InChI=1S/C11H17NO2/c1-4-14-8-5-6-10(13)9(7-8)11(2,3)12/h5-7,13H,4,12H2,1-3H3. The highest BCUT2D eigenvalue weighted by atomic mass is 16.5. The van der Waals surface area contributed by atoms with Crippen LogP contribution < -0.4 is 10.5 Å². The van der Waals surface area contributed by atoms with Crippen LogP contribution in [0.2, 0.25) is 0 Å². The van der Waals surface area contributed by atoms with E-state index in [9.17, 15) is 5.11 Å². The maximum atomic E-state index is 9.60. The third-order valence-corrected chi connectivity index (χ3v) is 1.97. The second kappa shape index (κ2) is 3.88. The van der Waals surface area contributed by atoms with Crippen molar-refractivity contribution in [3.05, 3.63) is 23.8 Å². The number of ether oxygens (including phenoxy) is 1. The number of nitrogens with two attached hydrogens (primary N) is 1. The third kappa shape index (κ3) is 2.39. The fourth-order valence-corrected chi connectivity index (χ4v) is 1.29. The highest BCUT2D eigenvalue weighted by molar-refractivity contribution is 5.42. The van der Waals surface area contributed by atoms with Crippen molar-refractivity contribution in [1.82, 2.24) is 0 Å². The van der Waals surface area contributed by atoms with Crippen LogP contribution in [0.4, 0.5) is 0 Å². The van der Waals surface area contributed by atoms with Crippen LogP contribution in [0.1, 0.15) is 26.3 Å². The number of phenols is 1. The predicted octanol–water partition coefficient (Wildman–Crippen LogP) is 1.98. The molecule has 78 valence electrons. The van der Waals surface area contributed by atoms with Gasteiger partial charge in [0.1, 0.15) is 11.5 Å². The number of hydrogen-bond acceptors (Lipinski definition) is 3. The smallest absolute Gasteiger partial charge is 0.120 e. The van der Waals surface area contributed by atoms with Crippen molar-refractivity contribution < 1.29 is 9.84 Å². The van der Waals surface area contributed by atoms with Crippen molar-refractivity contribution in [2.75, 3.05) is 6.61 Å². The zero-order chi connectivity index (χ0) is 10.8. The van der Waals surface area contributed by atoms with Gasteiger partial charge in [-0.15, -0.1) is 0 Å². The van der Waals surface area contributed by atoms with E-state index in [1.807, 2.05) is 20.8 Å². The Morgan fingerprint density at radius 1 is 1.43 bits per heavy atom. The molecule has 1 rings (SSSR count). The van der Waals surface area contributed by atoms with Crippen LogP contribution >= 0.6 is 0 Å². The van der Waals surface area contributed by atoms with Crippen molar-refractivity contribution >= 4 is 0 Å².